The molecule has 3 rings (SSSR count). The minimum Gasteiger partial charge on any atom is -0.445 e. The molecule has 0 aliphatic heterocycles. The highest BCUT2D eigenvalue weighted by Gasteiger charge is 2.42. The zero-order valence-corrected chi connectivity index (χ0v) is 23.7. The number of carbonyl (C=O) groups excluding carboxylic acids is 3. The number of alkyl carbamates (subject to hydrolysis) is 2. The number of nitrogens with one attached hydrogen (secondary N) is 3. The molecule has 8 heteroatoms. The quantitative estimate of drug-likeness (QED) is 0.245. The molecule has 0 spiro atoms. The van der Waals surface area contributed by atoms with Crippen LogP contribution in [0.4, 0.5) is 9.59 Å². The molecule has 0 radical (unpaired) electrons. The number of rotatable bonds is 11. The number of amides is 3. The summed E-state index contributed by atoms with van der Waals surface area (Å²) in [6.45, 7) is 7.33. The van der Waals surface area contributed by atoms with E-state index >= 15 is 0 Å². The zero-order chi connectivity index (χ0) is 29.0. The predicted molar refractivity (Wildman–Crippen MR) is 155 cm³/mol. The first-order valence-corrected chi connectivity index (χ1v) is 13.5. The van der Waals surface area contributed by atoms with Crippen molar-refractivity contribution in [1.82, 2.24) is 16.0 Å². The molecule has 8 nitrogen and oxygen atoms in total. The van der Waals surface area contributed by atoms with E-state index in [4.69, 9.17) is 9.47 Å². The van der Waals surface area contributed by atoms with E-state index in [2.05, 4.69) is 16.0 Å². The van der Waals surface area contributed by atoms with E-state index in [0.717, 1.165) is 28.7 Å². The molecule has 0 heterocycles. The van der Waals surface area contributed by atoms with Crippen molar-refractivity contribution in [2.24, 2.45) is 0 Å². The molecule has 212 valence electrons. The molecular weight excluding hydrogens is 506 g/mol. The summed E-state index contributed by atoms with van der Waals surface area (Å²) in [6.07, 6.45) is -0.240. The molecule has 0 aliphatic carbocycles. The highest BCUT2D eigenvalue weighted by atomic mass is 16.6. The van der Waals surface area contributed by atoms with Gasteiger partial charge in [0.2, 0.25) is 0 Å². The topological polar surface area (TPSA) is 106 Å². The van der Waals surface area contributed by atoms with Gasteiger partial charge in [-0.1, -0.05) is 98.3 Å². The van der Waals surface area contributed by atoms with Gasteiger partial charge in [0.15, 0.2) is 5.66 Å². The van der Waals surface area contributed by atoms with Crippen molar-refractivity contribution in [2.75, 3.05) is 0 Å². The Kier molecular flexibility index (Phi) is 10.7. The Morgan fingerprint density at radius 2 is 1.30 bits per heavy atom. The first kappa shape index (κ1) is 30.2. The number of benzene rings is 3. The van der Waals surface area contributed by atoms with Crippen molar-refractivity contribution in [1.29, 1.82) is 0 Å². The van der Waals surface area contributed by atoms with Crippen LogP contribution in [0.25, 0.3) is 11.1 Å². The van der Waals surface area contributed by atoms with Crippen LogP contribution >= 0.6 is 0 Å². The van der Waals surface area contributed by atoms with Crippen LogP contribution in [-0.4, -0.2) is 29.4 Å². The molecule has 0 bridgehead atoms. The van der Waals surface area contributed by atoms with E-state index in [9.17, 15) is 14.4 Å². The molecule has 3 aromatic carbocycles. The molecule has 0 aromatic heterocycles. The van der Waals surface area contributed by atoms with Crippen LogP contribution in [0.5, 0.6) is 0 Å². The van der Waals surface area contributed by atoms with E-state index in [1.807, 2.05) is 91.9 Å². The molecular formula is C32H39N3O5. The van der Waals surface area contributed by atoms with Crippen LogP contribution in [0.3, 0.4) is 0 Å². The van der Waals surface area contributed by atoms with Gasteiger partial charge in [0.25, 0.3) is 5.91 Å². The number of hydrogen-bond donors (Lipinski definition) is 3. The van der Waals surface area contributed by atoms with Crippen molar-refractivity contribution < 1.29 is 23.9 Å². The third-order valence-electron chi connectivity index (χ3n) is 6.05. The lowest BCUT2D eigenvalue weighted by molar-refractivity contribution is -0.129. The third-order valence-corrected chi connectivity index (χ3v) is 6.05. The summed E-state index contributed by atoms with van der Waals surface area (Å²) in [5, 5.41) is 8.14. The van der Waals surface area contributed by atoms with Crippen molar-refractivity contribution in [3.63, 3.8) is 0 Å². The van der Waals surface area contributed by atoms with Crippen molar-refractivity contribution in [3.05, 3.63) is 96.1 Å². The van der Waals surface area contributed by atoms with Crippen LogP contribution in [0, 0.1) is 0 Å². The van der Waals surface area contributed by atoms with Gasteiger partial charge in [-0.15, -0.1) is 0 Å². The average Bonchev–Trinajstić information content (AvgIpc) is 2.93. The van der Waals surface area contributed by atoms with Crippen LogP contribution in [0.1, 0.15) is 58.1 Å². The highest BCUT2D eigenvalue weighted by Crippen LogP contribution is 2.20. The van der Waals surface area contributed by atoms with Crippen molar-refractivity contribution in [2.45, 2.75) is 71.4 Å². The van der Waals surface area contributed by atoms with Gasteiger partial charge < -0.3 is 14.8 Å². The summed E-state index contributed by atoms with van der Waals surface area (Å²) in [6, 6.07) is 27.0. The van der Waals surface area contributed by atoms with Crippen molar-refractivity contribution in [3.8, 4) is 11.1 Å². The molecule has 3 amide bonds. The lowest BCUT2D eigenvalue weighted by Gasteiger charge is -2.34. The summed E-state index contributed by atoms with van der Waals surface area (Å²) in [5.74, 6) is -0.574. The van der Waals surface area contributed by atoms with Crippen LogP contribution in [0.15, 0.2) is 84.9 Å². The molecule has 0 aliphatic rings. The summed E-state index contributed by atoms with van der Waals surface area (Å²) < 4.78 is 10.8. The normalized spacial score (nSPS) is 12.5. The fourth-order valence-corrected chi connectivity index (χ4v) is 4.02. The smallest absolute Gasteiger partial charge is 0.409 e. The van der Waals surface area contributed by atoms with Gasteiger partial charge in [0.05, 0.1) is 0 Å². The second-order valence-corrected chi connectivity index (χ2v) is 10.6. The second-order valence-electron chi connectivity index (χ2n) is 10.6. The first-order valence-electron chi connectivity index (χ1n) is 13.5. The Hall–Kier alpha value is -4.33. The summed E-state index contributed by atoms with van der Waals surface area (Å²) >= 11 is 0. The maximum atomic E-state index is 13.7. The van der Waals surface area contributed by atoms with Gasteiger partial charge in [-0.25, -0.2) is 9.59 Å². The maximum absolute atomic E-state index is 13.7. The number of hydrogen-bond acceptors (Lipinski definition) is 5. The Balaban J connectivity index is 1.77. The Labute approximate surface area is 236 Å². The van der Waals surface area contributed by atoms with Gasteiger partial charge in [-0.3, -0.25) is 15.4 Å². The lowest BCUT2D eigenvalue weighted by Crippen LogP contribution is -2.68. The molecule has 40 heavy (non-hydrogen) atoms. The lowest BCUT2D eigenvalue weighted by atomic mass is 10.0. The summed E-state index contributed by atoms with van der Waals surface area (Å²) in [5.41, 5.74) is 1.22. The van der Waals surface area contributed by atoms with Crippen LogP contribution in [-0.2, 0) is 27.4 Å². The molecule has 0 saturated carbocycles. The van der Waals surface area contributed by atoms with Gasteiger partial charge in [-0.2, -0.15) is 0 Å². The second kappa shape index (κ2) is 14.2. The first-order chi connectivity index (χ1) is 19.1. The van der Waals surface area contributed by atoms with E-state index in [-0.39, 0.29) is 19.6 Å². The largest absolute Gasteiger partial charge is 0.445 e. The van der Waals surface area contributed by atoms with Crippen LogP contribution in [0.2, 0.25) is 0 Å². The fourth-order valence-electron chi connectivity index (χ4n) is 4.02. The molecule has 1 atom stereocenters. The fraction of sp³-hybridized carbons (Fsp3) is 0.344. The van der Waals surface area contributed by atoms with Gasteiger partial charge >= 0.3 is 12.2 Å². The monoisotopic (exact) mass is 545 g/mol. The van der Waals surface area contributed by atoms with E-state index in [1.54, 1.807) is 20.8 Å². The SMILES string of the molecule is CCCCC(NC(=O)OCc1ccccc1)(NC(=O)OC(C)(C)C)C(=O)NCc1ccc(-c2ccccc2)cc1. The highest BCUT2D eigenvalue weighted by molar-refractivity contribution is 5.92. The molecule has 0 fully saturated rings. The maximum Gasteiger partial charge on any atom is 0.409 e. The van der Waals surface area contributed by atoms with Gasteiger partial charge in [0.1, 0.15) is 12.2 Å². The number of unbranched alkanes of at least 4 members (excludes halogenated alkanes) is 1. The Morgan fingerprint density at radius 3 is 1.90 bits per heavy atom. The Bertz CT molecular complexity index is 1240. The zero-order valence-electron chi connectivity index (χ0n) is 23.7. The summed E-state index contributed by atoms with van der Waals surface area (Å²) in [7, 11) is 0. The number of ether oxygens (including phenoxy) is 2. The molecule has 0 saturated heterocycles. The van der Waals surface area contributed by atoms with E-state index in [0.29, 0.717) is 6.42 Å². The average molecular weight is 546 g/mol. The van der Waals surface area contributed by atoms with Gasteiger partial charge in [0, 0.05) is 6.54 Å². The minimum absolute atomic E-state index is 0.0123. The molecule has 3 N–H and O–H groups in total. The van der Waals surface area contributed by atoms with E-state index in [1.165, 1.54) is 0 Å². The Morgan fingerprint density at radius 1 is 0.725 bits per heavy atom. The standard InChI is InChI=1S/C32H39N3O5/c1-5-6-21-32(35-30(38)40-31(2,3)4,34-29(37)39-23-25-13-9-7-10-14-25)28(36)33-22-24-17-19-27(20-18-24)26-15-11-8-12-16-26/h7-20H,5-6,21-23H2,1-4H3,(H,33,36)(H,34,37)(H,35,38). The van der Waals surface area contributed by atoms with E-state index < -0.39 is 29.4 Å². The molecule has 3 aromatic rings. The predicted octanol–water partition coefficient (Wildman–Crippen LogP) is 6.31. The minimum atomic E-state index is -1.78. The van der Waals surface area contributed by atoms with Crippen molar-refractivity contribution >= 4 is 18.1 Å². The van der Waals surface area contributed by atoms with Gasteiger partial charge in [-0.05, 0) is 55.9 Å². The molecule has 1 unspecified atom stereocenters. The third kappa shape index (κ3) is 9.45. The number of carbonyl (C=O) groups is 3. The van der Waals surface area contributed by atoms with Crippen LogP contribution < -0.4 is 16.0 Å². The summed E-state index contributed by atoms with van der Waals surface area (Å²) in [4.78, 5) is 39.4.